The summed E-state index contributed by atoms with van der Waals surface area (Å²) in [6.45, 7) is 5.24. The van der Waals surface area contributed by atoms with Crippen LogP contribution in [0.4, 0.5) is 4.39 Å². The molecule has 1 unspecified atom stereocenters. The number of ether oxygens (including phenoxy) is 2. The Labute approximate surface area is 266 Å². The van der Waals surface area contributed by atoms with E-state index in [1.807, 2.05) is 17.0 Å². The lowest BCUT2D eigenvalue weighted by molar-refractivity contribution is -0.157. The van der Waals surface area contributed by atoms with E-state index in [1.165, 1.54) is 23.5 Å². The lowest BCUT2D eigenvalue weighted by Crippen LogP contribution is -2.45. The molecule has 240 valence electrons. The van der Waals surface area contributed by atoms with Gasteiger partial charge in [0.25, 0.3) is 5.91 Å². The summed E-state index contributed by atoms with van der Waals surface area (Å²) in [5, 5.41) is 5.37. The molecule has 10 nitrogen and oxygen atoms in total. The molecule has 45 heavy (non-hydrogen) atoms. The van der Waals surface area contributed by atoms with Crippen LogP contribution in [-0.2, 0) is 44.2 Å². The van der Waals surface area contributed by atoms with Crippen molar-refractivity contribution in [1.82, 2.24) is 19.9 Å². The Morgan fingerprint density at radius 3 is 2.47 bits per heavy atom. The van der Waals surface area contributed by atoms with Crippen LogP contribution in [0.5, 0.6) is 0 Å². The zero-order valence-corrected chi connectivity index (χ0v) is 27.5. The molecule has 2 atom stereocenters. The van der Waals surface area contributed by atoms with Crippen molar-refractivity contribution in [3.05, 3.63) is 94.2 Å². The van der Waals surface area contributed by atoms with Crippen molar-refractivity contribution in [2.75, 3.05) is 12.0 Å². The number of hydrogen-bond donors (Lipinski definition) is 1. The molecule has 0 fully saturated rings. The van der Waals surface area contributed by atoms with E-state index in [4.69, 9.17) is 9.47 Å². The maximum absolute atomic E-state index is 13.8. The number of nitrogens with one attached hydrogen (secondary N) is 1. The Bertz CT molecular complexity index is 1710. The van der Waals surface area contributed by atoms with Crippen LogP contribution in [0.25, 0.3) is 11.1 Å². The number of benzene rings is 2. The van der Waals surface area contributed by atoms with Crippen molar-refractivity contribution >= 4 is 33.1 Å². The number of sulfone groups is 1. The van der Waals surface area contributed by atoms with E-state index in [1.54, 1.807) is 69.8 Å². The van der Waals surface area contributed by atoms with E-state index in [2.05, 4.69) is 15.3 Å². The summed E-state index contributed by atoms with van der Waals surface area (Å²) in [4.78, 5) is 35.3. The zero-order chi connectivity index (χ0) is 32.8. The maximum atomic E-state index is 13.8. The molecule has 0 bridgehead atoms. The average Bonchev–Trinajstić information content (AvgIpc) is 3.64. The van der Waals surface area contributed by atoms with Gasteiger partial charge in [0.15, 0.2) is 0 Å². The molecule has 0 radical (unpaired) electrons. The van der Waals surface area contributed by atoms with Gasteiger partial charge in [0.2, 0.25) is 0 Å². The van der Waals surface area contributed by atoms with Gasteiger partial charge in [-0.15, -0.1) is 11.3 Å². The first-order valence-corrected chi connectivity index (χ1v) is 17.2. The standard InChI is InChI=1S/C32H37FN4O6S2/c1-32(2,3)43-31(39)27(12-15-45(5,40)41)36-29(38)25-11-6-21(16-26(25)22-7-9-23(33)10-8-22)19-42-28(30-35-13-14-44-30)17-24-18-34-20-37(24)4/h6-11,13-14,16,18,20,27-28H,12,15,17,19H2,1-5H3,(H,36,38)/t27-,28?/m0/s1. The topological polar surface area (TPSA) is 129 Å². The average molecular weight is 657 g/mol. The van der Waals surface area contributed by atoms with Crippen LogP contribution >= 0.6 is 11.3 Å². The molecular weight excluding hydrogens is 620 g/mol. The Balaban J connectivity index is 1.62. The second-order valence-corrected chi connectivity index (χ2v) is 14.9. The highest BCUT2D eigenvalue weighted by atomic mass is 32.2. The molecule has 0 saturated carbocycles. The van der Waals surface area contributed by atoms with E-state index in [0.717, 1.165) is 22.5 Å². The molecule has 0 aliphatic rings. The van der Waals surface area contributed by atoms with E-state index in [-0.39, 0.29) is 30.4 Å². The van der Waals surface area contributed by atoms with Crippen LogP contribution in [0.3, 0.4) is 0 Å². The van der Waals surface area contributed by atoms with Crippen LogP contribution in [0.15, 0.2) is 66.6 Å². The number of carbonyl (C=O) groups excluding carboxylic acids is 2. The van der Waals surface area contributed by atoms with Gasteiger partial charge < -0.3 is 19.4 Å². The third kappa shape index (κ3) is 10.0. The van der Waals surface area contributed by atoms with Gasteiger partial charge in [0.1, 0.15) is 38.4 Å². The molecule has 0 aliphatic heterocycles. The summed E-state index contributed by atoms with van der Waals surface area (Å²) in [5.74, 6) is -2.11. The summed E-state index contributed by atoms with van der Waals surface area (Å²) < 4.78 is 51.3. The third-order valence-electron chi connectivity index (χ3n) is 6.75. The van der Waals surface area contributed by atoms with Gasteiger partial charge in [-0.1, -0.05) is 18.2 Å². The fraction of sp³-hybridized carbons (Fsp3) is 0.375. The SMILES string of the molecule is Cn1cncc1CC(OCc1ccc(C(=O)N[C@@H](CCS(C)(=O)=O)C(=O)OC(C)(C)C)c(-c2ccc(F)cc2)c1)c1nccs1. The van der Waals surface area contributed by atoms with Crippen LogP contribution in [0.1, 0.15) is 59.9 Å². The molecule has 2 aromatic heterocycles. The maximum Gasteiger partial charge on any atom is 0.329 e. The first-order chi connectivity index (χ1) is 21.2. The fourth-order valence-corrected chi connectivity index (χ4v) is 5.87. The normalized spacial score (nSPS) is 13.3. The van der Waals surface area contributed by atoms with Crippen molar-refractivity contribution in [2.45, 2.75) is 58.0 Å². The number of aromatic nitrogens is 3. The minimum Gasteiger partial charge on any atom is -0.458 e. The molecule has 0 spiro atoms. The van der Waals surface area contributed by atoms with Gasteiger partial charge in [-0.05, 0) is 68.1 Å². The number of hydrogen-bond acceptors (Lipinski definition) is 9. The van der Waals surface area contributed by atoms with E-state index >= 15 is 0 Å². The number of nitrogens with zero attached hydrogens (tertiary/aromatic N) is 3. The van der Waals surface area contributed by atoms with Crippen molar-refractivity contribution in [1.29, 1.82) is 0 Å². The number of esters is 1. The minimum atomic E-state index is -3.42. The highest BCUT2D eigenvalue weighted by Gasteiger charge is 2.29. The number of thiazole rings is 1. The zero-order valence-electron chi connectivity index (χ0n) is 25.8. The smallest absolute Gasteiger partial charge is 0.329 e. The largest absolute Gasteiger partial charge is 0.458 e. The predicted octanol–water partition coefficient (Wildman–Crippen LogP) is 5.06. The minimum absolute atomic E-state index is 0.161. The molecule has 4 rings (SSSR count). The Kier molecular flexibility index (Phi) is 10.9. The Morgan fingerprint density at radius 2 is 1.87 bits per heavy atom. The molecular formula is C32H37FN4O6S2. The predicted molar refractivity (Wildman–Crippen MR) is 170 cm³/mol. The van der Waals surface area contributed by atoms with Gasteiger partial charge in [-0.2, -0.15) is 0 Å². The molecule has 2 aromatic carbocycles. The monoisotopic (exact) mass is 656 g/mol. The molecule has 4 aromatic rings. The number of carbonyl (C=O) groups is 2. The first kappa shape index (κ1) is 33.9. The van der Waals surface area contributed by atoms with Crippen LogP contribution in [0.2, 0.25) is 0 Å². The van der Waals surface area contributed by atoms with Gasteiger partial charge in [-0.3, -0.25) is 4.79 Å². The third-order valence-corrected chi connectivity index (χ3v) is 8.59. The van der Waals surface area contributed by atoms with Crippen molar-refractivity contribution in [3.8, 4) is 11.1 Å². The second-order valence-electron chi connectivity index (χ2n) is 11.7. The van der Waals surface area contributed by atoms with Crippen molar-refractivity contribution in [3.63, 3.8) is 0 Å². The lowest BCUT2D eigenvalue weighted by atomic mass is 9.96. The molecule has 2 heterocycles. The van der Waals surface area contributed by atoms with Crippen LogP contribution < -0.4 is 5.32 Å². The van der Waals surface area contributed by atoms with Crippen LogP contribution in [-0.4, -0.2) is 58.5 Å². The fourth-order valence-electron chi connectivity index (χ4n) is 4.52. The first-order valence-electron chi connectivity index (χ1n) is 14.2. The summed E-state index contributed by atoms with van der Waals surface area (Å²) in [7, 11) is -1.51. The highest BCUT2D eigenvalue weighted by Crippen LogP contribution is 2.29. The molecule has 0 aliphatic carbocycles. The molecule has 1 amide bonds. The lowest BCUT2D eigenvalue weighted by Gasteiger charge is -2.25. The van der Waals surface area contributed by atoms with Gasteiger partial charge >= 0.3 is 5.97 Å². The number of halogens is 1. The summed E-state index contributed by atoms with van der Waals surface area (Å²) in [5.41, 5.74) is 2.14. The van der Waals surface area contributed by atoms with E-state index in [0.29, 0.717) is 17.5 Å². The quantitative estimate of drug-likeness (QED) is 0.198. The second kappa shape index (κ2) is 14.4. The summed E-state index contributed by atoms with van der Waals surface area (Å²) >= 11 is 1.49. The number of amides is 1. The summed E-state index contributed by atoms with van der Waals surface area (Å²) in [6.07, 6.45) is 6.33. The number of imidazole rings is 1. The molecule has 0 saturated heterocycles. The Morgan fingerprint density at radius 1 is 1.13 bits per heavy atom. The van der Waals surface area contributed by atoms with E-state index in [9.17, 15) is 22.4 Å². The molecule has 1 N–H and O–H groups in total. The van der Waals surface area contributed by atoms with Crippen molar-refractivity contribution in [2.24, 2.45) is 7.05 Å². The summed E-state index contributed by atoms with van der Waals surface area (Å²) in [6, 6.07) is 9.62. The number of rotatable bonds is 13. The van der Waals surface area contributed by atoms with Gasteiger partial charge in [-0.25, -0.2) is 27.6 Å². The van der Waals surface area contributed by atoms with Gasteiger partial charge in [0.05, 0.1) is 18.7 Å². The number of aryl methyl sites for hydroxylation is 1. The highest BCUT2D eigenvalue weighted by molar-refractivity contribution is 7.90. The van der Waals surface area contributed by atoms with Crippen molar-refractivity contribution < 1.29 is 31.9 Å². The Hall–Kier alpha value is -3.94. The van der Waals surface area contributed by atoms with Crippen LogP contribution in [0, 0.1) is 5.82 Å². The van der Waals surface area contributed by atoms with Gasteiger partial charge in [0, 0.05) is 48.8 Å². The van der Waals surface area contributed by atoms with E-state index < -0.39 is 39.2 Å². The molecule has 13 heteroatoms.